The van der Waals surface area contributed by atoms with E-state index >= 15 is 0 Å². The van der Waals surface area contributed by atoms with Gasteiger partial charge in [-0.1, -0.05) is 55.3 Å². The Morgan fingerprint density at radius 3 is 2.41 bits per heavy atom. The van der Waals surface area contributed by atoms with Crippen molar-refractivity contribution < 1.29 is 4.79 Å². The minimum Gasteiger partial charge on any atom is -0.343 e. The number of thiazole rings is 1. The number of rotatable bonds is 6. The Labute approximate surface area is 196 Å². The predicted octanol–water partition coefficient (Wildman–Crippen LogP) is 5.91. The molecule has 0 aliphatic carbocycles. The van der Waals surface area contributed by atoms with E-state index in [1.165, 1.54) is 29.5 Å². The molecule has 0 bridgehead atoms. The van der Waals surface area contributed by atoms with Gasteiger partial charge in [0.1, 0.15) is 0 Å². The number of aryl methyl sites for hydroxylation is 1. The van der Waals surface area contributed by atoms with Crippen LogP contribution in [0.1, 0.15) is 55.5 Å². The first-order valence-electron chi connectivity index (χ1n) is 12.2. The maximum atomic E-state index is 13.0. The molecule has 170 valence electrons. The molecule has 1 aliphatic rings. The highest BCUT2D eigenvalue weighted by Crippen LogP contribution is 2.23. The predicted molar refractivity (Wildman–Crippen MR) is 134 cm³/mol. The largest absolute Gasteiger partial charge is 0.343 e. The molecule has 0 atom stereocenters. The SMILES string of the molecule is O=C(CCCc1nc2ccccc2s1)N1CCCCCCN(Cc2ccccc2)CCC1. The molecule has 1 fully saturated rings. The second-order valence-electron chi connectivity index (χ2n) is 8.84. The molecule has 1 aromatic heterocycles. The molecule has 1 aliphatic heterocycles. The van der Waals surface area contributed by atoms with Crippen molar-refractivity contribution in [3.63, 3.8) is 0 Å². The van der Waals surface area contributed by atoms with Crippen LogP contribution in [0, 0.1) is 0 Å². The lowest BCUT2D eigenvalue weighted by Gasteiger charge is -2.25. The summed E-state index contributed by atoms with van der Waals surface area (Å²) in [4.78, 5) is 22.4. The summed E-state index contributed by atoms with van der Waals surface area (Å²) in [6.07, 6.45) is 8.31. The van der Waals surface area contributed by atoms with Crippen molar-refractivity contribution >= 4 is 27.5 Å². The Hall–Kier alpha value is -2.24. The van der Waals surface area contributed by atoms with Gasteiger partial charge in [-0.15, -0.1) is 11.3 Å². The number of fused-ring (bicyclic) bond motifs is 1. The molecule has 2 aromatic carbocycles. The van der Waals surface area contributed by atoms with Crippen LogP contribution in [0.4, 0.5) is 0 Å². The summed E-state index contributed by atoms with van der Waals surface area (Å²) in [6, 6.07) is 19.0. The molecule has 32 heavy (non-hydrogen) atoms. The molecule has 0 unspecified atom stereocenters. The smallest absolute Gasteiger partial charge is 0.222 e. The Balaban J connectivity index is 1.26. The molecule has 0 radical (unpaired) electrons. The van der Waals surface area contributed by atoms with Crippen LogP contribution in [0.2, 0.25) is 0 Å². The van der Waals surface area contributed by atoms with E-state index in [4.69, 9.17) is 4.98 Å². The Morgan fingerprint density at radius 1 is 0.844 bits per heavy atom. The van der Waals surface area contributed by atoms with Crippen molar-refractivity contribution in [2.75, 3.05) is 26.2 Å². The molecule has 1 saturated heterocycles. The highest BCUT2D eigenvalue weighted by atomic mass is 32.1. The van der Waals surface area contributed by atoms with Crippen LogP contribution < -0.4 is 0 Å². The summed E-state index contributed by atoms with van der Waals surface area (Å²) in [6.45, 7) is 5.02. The van der Waals surface area contributed by atoms with E-state index in [0.717, 1.165) is 68.9 Å². The minimum atomic E-state index is 0.319. The first kappa shape index (κ1) is 22.9. The average Bonchev–Trinajstić information content (AvgIpc) is 3.20. The number of carbonyl (C=O) groups is 1. The molecule has 4 nitrogen and oxygen atoms in total. The van der Waals surface area contributed by atoms with Gasteiger partial charge in [-0.25, -0.2) is 4.98 Å². The molecule has 0 N–H and O–H groups in total. The zero-order valence-corrected chi connectivity index (χ0v) is 19.9. The minimum absolute atomic E-state index is 0.319. The van der Waals surface area contributed by atoms with E-state index in [1.807, 2.05) is 6.07 Å². The molecule has 5 heteroatoms. The number of hydrogen-bond donors (Lipinski definition) is 0. The van der Waals surface area contributed by atoms with E-state index in [-0.39, 0.29) is 0 Å². The summed E-state index contributed by atoms with van der Waals surface area (Å²) in [5.74, 6) is 0.319. The number of aromatic nitrogens is 1. The van der Waals surface area contributed by atoms with Gasteiger partial charge >= 0.3 is 0 Å². The van der Waals surface area contributed by atoms with Gasteiger partial charge in [0.2, 0.25) is 5.91 Å². The van der Waals surface area contributed by atoms with Crippen molar-refractivity contribution in [3.05, 3.63) is 65.2 Å². The van der Waals surface area contributed by atoms with E-state index in [0.29, 0.717) is 12.3 Å². The van der Waals surface area contributed by atoms with Gasteiger partial charge in [-0.3, -0.25) is 9.69 Å². The van der Waals surface area contributed by atoms with Gasteiger partial charge < -0.3 is 4.90 Å². The summed E-state index contributed by atoms with van der Waals surface area (Å²) >= 11 is 1.76. The molecule has 3 aromatic rings. The molecule has 0 saturated carbocycles. The second-order valence-corrected chi connectivity index (χ2v) is 9.95. The number of nitrogens with zero attached hydrogens (tertiary/aromatic N) is 3. The lowest BCUT2D eigenvalue weighted by Crippen LogP contribution is -2.35. The van der Waals surface area contributed by atoms with Crippen LogP contribution in [0.15, 0.2) is 54.6 Å². The fourth-order valence-electron chi connectivity index (χ4n) is 4.53. The van der Waals surface area contributed by atoms with Gasteiger partial charge in [0, 0.05) is 32.6 Å². The van der Waals surface area contributed by atoms with E-state index in [1.54, 1.807) is 11.3 Å². The third-order valence-electron chi connectivity index (χ3n) is 6.28. The number of para-hydroxylation sites is 1. The second kappa shape index (κ2) is 12.1. The number of hydrogen-bond acceptors (Lipinski definition) is 4. The highest BCUT2D eigenvalue weighted by Gasteiger charge is 2.16. The van der Waals surface area contributed by atoms with E-state index in [9.17, 15) is 4.79 Å². The zero-order valence-electron chi connectivity index (χ0n) is 19.0. The summed E-state index contributed by atoms with van der Waals surface area (Å²) in [7, 11) is 0. The Kier molecular flexibility index (Phi) is 8.69. The fraction of sp³-hybridized carbons (Fsp3) is 0.481. The molecule has 1 amide bonds. The van der Waals surface area contributed by atoms with Crippen molar-refractivity contribution in [2.24, 2.45) is 0 Å². The van der Waals surface area contributed by atoms with E-state index < -0.39 is 0 Å². The first-order chi connectivity index (χ1) is 15.8. The monoisotopic (exact) mass is 449 g/mol. The molecular formula is C27H35N3OS. The quantitative estimate of drug-likeness (QED) is 0.469. The van der Waals surface area contributed by atoms with Crippen LogP contribution in [0.25, 0.3) is 10.2 Å². The fourth-order valence-corrected chi connectivity index (χ4v) is 5.53. The number of benzene rings is 2. The van der Waals surface area contributed by atoms with Gasteiger partial charge in [0.25, 0.3) is 0 Å². The summed E-state index contributed by atoms with van der Waals surface area (Å²) < 4.78 is 1.24. The van der Waals surface area contributed by atoms with Crippen molar-refractivity contribution in [2.45, 2.75) is 57.9 Å². The van der Waals surface area contributed by atoms with Gasteiger partial charge in [-0.2, -0.15) is 0 Å². The maximum Gasteiger partial charge on any atom is 0.222 e. The van der Waals surface area contributed by atoms with Crippen molar-refractivity contribution in [3.8, 4) is 0 Å². The lowest BCUT2D eigenvalue weighted by molar-refractivity contribution is -0.131. The van der Waals surface area contributed by atoms with E-state index in [2.05, 4.69) is 58.3 Å². The maximum absolute atomic E-state index is 13.0. The van der Waals surface area contributed by atoms with Gasteiger partial charge in [0.05, 0.1) is 15.2 Å². The average molecular weight is 450 g/mol. The third kappa shape index (κ3) is 6.88. The molecule has 0 spiro atoms. The topological polar surface area (TPSA) is 36.4 Å². The lowest BCUT2D eigenvalue weighted by atomic mass is 10.1. The Morgan fingerprint density at radius 2 is 1.56 bits per heavy atom. The van der Waals surface area contributed by atoms with Gasteiger partial charge in [-0.05, 0) is 56.3 Å². The van der Waals surface area contributed by atoms with Crippen LogP contribution in [0.3, 0.4) is 0 Å². The van der Waals surface area contributed by atoms with Crippen LogP contribution in [-0.4, -0.2) is 46.9 Å². The van der Waals surface area contributed by atoms with Gasteiger partial charge in [0.15, 0.2) is 0 Å². The number of amides is 1. The Bertz CT molecular complexity index is 938. The molecule has 4 rings (SSSR count). The van der Waals surface area contributed by atoms with Crippen LogP contribution in [-0.2, 0) is 17.8 Å². The highest BCUT2D eigenvalue weighted by molar-refractivity contribution is 7.18. The molecular weight excluding hydrogens is 414 g/mol. The van der Waals surface area contributed by atoms with Crippen LogP contribution in [0.5, 0.6) is 0 Å². The zero-order chi connectivity index (χ0) is 22.0. The standard InChI is InChI=1S/C27H35N3OS/c31-27(17-10-16-26-28-24-14-6-7-15-25(24)32-26)30-20-9-2-1-8-18-29(19-11-21-30)22-23-12-4-3-5-13-23/h3-7,12-15H,1-2,8-11,16-22H2. The summed E-state index contributed by atoms with van der Waals surface area (Å²) in [5, 5.41) is 1.15. The summed E-state index contributed by atoms with van der Waals surface area (Å²) in [5.41, 5.74) is 2.45. The van der Waals surface area contributed by atoms with Crippen molar-refractivity contribution in [1.82, 2.24) is 14.8 Å². The normalized spacial score (nSPS) is 16.7. The van der Waals surface area contributed by atoms with Crippen LogP contribution >= 0.6 is 11.3 Å². The third-order valence-corrected chi connectivity index (χ3v) is 7.37. The van der Waals surface area contributed by atoms with Crippen molar-refractivity contribution in [1.29, 1.82) is 0 Å². The first-order valence-corrected chi connectivity index (χ1v) is 13.0. The number of carbonyl (C=O) groups excluding carboxylic acids is 1. The molecule has 2 heterocycles.